The fraction of sp³-hybridized carbons (Fsp3) is 0.824. The Bertz CT molecular complexity index is 802. The minimum atomic E-state index is -0.237. The number of aryl methyl sites for hydroxylation is 1. The Kier molecular flexibility index (Phi) is 17.5. The van der Waals surface area contributed by atoms with Crippen LogP contribution >= 0.6 is 0 Å². The molecule has 39 heavy (non-hydrogen) atoms. The number of carbonyl (C=O) groups is 2. The van der Waals surface area contributed by atoms with Gasteiger partial charge in [-0.3, -0.25) is 14.5 Å². The van der Waals surface area contributed by atoms with Crippen LogP contribution in [0.25, 0.3) is 0 Å². The molecular formula is C34H60N2O3. The number of fused-ring (bicyclic) bond motifs is 1. The van der Waals surface area contributed by atoms with Gasteiger partial charge in [-0.15, -0.1) is 0 Å². The first-order chi connectivity index (χ1) is 19.0. The molecule has 1 N–H and O–H groups in total. The van der Waals surface area contributed by atoms with Gasteiger partial charge in [-0.1, -0.05) is 129 Å². The molecule has 0 aliphatic carbocycles. The summed E-state index contributed by atoms with van der Waals surface area (Å²) >= 11 is 0. The SMILES string of the molecule is CCCCCCCCCCCCCCCC(O)CCCCCCCCCN1C(=O)c2c(ccn2C)C(C)C1=O. The zero-order valence-corrected chi connectivity index (χ0v) is 25.7. The number of aliphatic hydroxyl groups excluding tert-OH is 1. The van der Waals surface area contributed by atoms with Crippen molar-refractivity contribution in [3.8, 4) is 0 Å². The van der Waals surface area contributed by atoms with Crippen LogP contribution in [-0.4, -0.2) is 39.0 Å². The third kappa shape index (κ3) is 12.6. The van der Waals surface area contributed by atoms with Gasteiger partial charge in [0.1, 0.15) is 5.69 Å². The maximum absolute atomic E-state index is 12.8. The zero-order valence-electron chi connectivity index (χ0n) is 25.7. The summed E-state index contributed by atoms with van der Waals surface area (Å²) in [5.41, 5.74) is 1.52. The number of nitrogens with zero attached hydrogens (tertiary/aromatic N) is 2. The van der Waals surface area contributed by atoms with E-state index in [9.17, 15) is 14.7 Å². The fourth-order valence-corrected chi connectivity index (χ4v) is 6.06. The molecule has 2 rings (SSSR count). The summed E-state index contributed by atoms with van der Waals surface area (Å²) in [6.45, 7) is 4.71. The van der Waals surface area contributed by atoms with Gasteiger partial charge >= 0.3 is 0 Å². The lowest BCUT2D eigenvalue weighted by Gasteiger charge is -2.29. The molecule has 1 aromatic rings. The molecule has 2 heterocycles. The summed E-state index contributed by atoms with van der Waals surface area (Å²) in [5.74, 6) is -0.437. The normalized spacial score (nSPS) is 16.2. The van der Waals surface area contributed by atoms with Crippen molar-refractivity contribution in [2.24, 2.45) is 7.05 Å². The predicted molar refractivity (Wildman–Crippen MR) is 163 cm³/mol. The molecule has 224 valence electrons. The largest absolute Gasteiger partial charge is 0.393 e. The van der Waals surface area contributed by atoms with E-state index in [4.69, 9.17) is 0 Å². The molecule has 2 atom stereocenters. The molecule has 0 radical (unpaired) electrons. The Morgan fingerprint density at radius 2 is 1.15 bits per heavy atom. The van der Waals surface area contributed by atoms with Crippen molar-refractivity contribution in [2.45, 2.75) is 167 Å². The molecular weight excluding hydrogens is 484 g/mol. The molecule has 1 aromatic heterocycles. The van der Waals surface area contributed by atoms with Gasteiger partial charge in [-0.25, -0.2) is 0 Å². The van der Waals surface area contributed by atoms with Gasteiger partial charge in [0.15, 0.2) is 0 Å². The van der Waals surface area contributed by atoms with Gasteiger partial charge in [0.2, 0.25) is 5.91 Å². The summed E-state index contributed by atoms with van der Waals surface area (Å²) in [5, 5.41) is 10.3. The van der Waals surface area contributed by atoms with Crippen LogP contribution in [-0.2, 0) is 11.8 Å². The molecule has 1 aliphatic heterocycles. The van der Waals surface area contributed by atoms with Crippen LogP contribution in [0, 0.1) is 0 Å². The van der Waals surface area contributed by atoms with Crippen LogP contribution in [0.2, 0.25) is 0 Å². The van der Waals surface area contributed by atoms with E-state index in [2.05, 4.69) is 6.92 Å². The van der Waals surface area contributed by atoms with Gasteiger partial charge in [0.25, 0.3) is 5.91 Å². The van der Waals surface area contributed by atoms with Crippen LogP contribution in [0.4, 0.5) is 0 Å². The number of imide groups is 1. The highest BCUT2D eigenvalue weighted by atomic mass is 16.3. The molecule has 0 saturated heterocycles. The number of carbonyl (C=O) groups excluding carboxylic acids is 2. The number of rotatable bonds is 24. The van der Waals surface area contributed by atoms with E-state index in [1.54, 1.807) is 0 Å². The van der Waals surface area contributed by atoms with E-state index in [0.29, 0.717) is 12.2 Å². The molecule has 2 amide bonds. The first-order valence-corrected chi connectivity index (χ1v) is 16.7. The Hall–Kier alpha value is -1.62. The topological polar surface area (TPSA) is 62.5 Å². The maximum Gasteiger partial charge on any atom is 0.277 e. The van der Waals surface area contributed by atoms with Gasteiger partial charge in [0.05, 0.1) is 12.0 Å². The summed E-state index contributed by atoms with van der Waals surface area (Å²) in [6, 6.07) is 1.89. The summed E-state index contributed by atoms with van der Waals surface area (Å²) in [4.78, 5) is 26.9. The van der Waals surface area contributed by atoms with Crippen LogP contribution in [0.1, 0.15) is 177 Å². The van der Waals surface area contributed by atoms with Crippen LogP contribution in [0.3, 0.4) is 0 Å². The van der Waals surface area contributed by atoms with Crippen LogP contribution in [0.15, 0.2) is 12.3 Å². The summed E-state index contributed by atoms with van der Waals surface area (Å²) < 4.78 is 1.84. The second-order valence-electron chi connectivity index (χ2n) is 12.2. The van der Waals surface area contributed by atoms with Gasteiger partial charge in [0, 0.05) is 19.8 Å². The van der Waals surface area contributed by atoms with Crippen molar-refractivity contribution in [3.63, 3.8) is 0 Å². The molecule has 0 saturated carbocycles. The van der Waals surface area contributed by atoms with Crippen molar-refractivity contribution in [1.82, 2.24) is 9.47 Å². The average molecular weight is 545 g/mol. The first-order valence-electron chi connectivity index (χ1n) is 16.7. The molecule has 0 aromatic carbocycles. The Labute approximate surface area is 240 Å². The number of unbranched alkanes of at least 4 members (excludes halogenated alkanes) is 18. The van der Waals surface area contributed by atoms with Crippen LogP contribution in [0.5, 0.6) is 0 Å². The molecule has 5 nitrogen and oxygen atoms in total. The Morgan fingerprint density at radius 1 is 0.718 bits per heavy atom. The predicted octanol–water partition coefficient (Wildman–Crippen LogP) is 9.07. The molecule has 2 unspecified atom stereocenters. The Morgan fingerprint density at radius 3 is 1.64 bits per heavy atom. The minimum Gasteiger partial charge on any atom is -0.393 e. The van der Waals surface area contributed by atoms with Gasteiger partial charge < -0.3 is 9.67 Å². The van der Waals surface area contributed by atoms with Crippen molar-refractivity contribution in [2.75, 3.05) is 6.54 Å². The lowest BCUT2D eigenvalue weighted by atomic mass is 9.94. The third-order valence-corrected chi connectivity index (χ3v) is 8.71. The van der Waals surface area contributed by atoms with E-state index in [1.807, 2.05) is 30.8 Å². The van der Waals surface area contributed by atoms with Crippen molar-refractivity contribution >= 4 is 11.8 Å². The van der Waals surface area contributed by atoms with Crippen LogP contribution < -0.4 is 0 Å². The molecule has 0 fully saturated rings. The highest BCUT2D eigenvalue weighted by Gasteiger charge is 2.37. The quantitative estimate of drug-likeness (QED) is 0.104. The number of hydrogen-bond donors (Lipinski definition) is 1. The Balaban J connectivity index is 1.36. The highest BCUT2D eigenvalue weighted by Crippen LogP contribution is 2.30. The average Bonchev–Trinajstić information content (AvgIpc) is 3.32. The maximum atomic E-state index is 12.8. The van der Waals surface area contributed by atoms with E-state index in [1.165, 1.54) is 108 Å². The van der Waals surface area contributed by atoms with Gasteiger partial charge in [-0.2, -0.15) is 0 Å². The lowest BCUT2D eigenvalue weighted by molar-refractivity contribution is -0.130. The van der Waals surface area contributed by atoms with E-state index < -0.39 is 0 Å². The third-order valence-electron chi connectivity index (χ3n) is 8.71. The second-order valence-corrected chi connectivity index (χ2v) is 12.2. The number of amides is 2. The molecule has 1 aliphatic rings. The number of aromatic nitrogens is 1. The minimum absolute atomic E-state index is 0.0592. The molecule has 5 heteroatoms. The zero-order chi connectivity index (χ0) is 28.3. The summed E-state index contributed by atoms with van der Waals surface area (Å²) in [7, 11) is 1.87. The number of aliphatic hydroxyl groups is 1. The number of hydrogen-bond acceptors (Lipinski definition) is 3. The highest BCUT2D eigenvalue weighted by molar-refractivity contribution is 6.10. The second kappa shape index (κ2) is 20.3. The molecule has 0 bridgehead atoms. The first kappa shape index (κ1) is 33.6. The standard InChI is InChI=1S/C34H60N2O3/c1-4-5-6-7-8-9-10-11-12-13-15-18-21-24-30(37)25-22-19-16-14-17-20-23-27-36-33(38)29(2)31-26-28-35(3)32(31)34(36)39/h26,28-30,37H,4-25,27H2,1-3H3. The van der Waals surface area contributed by atoms with Crippen molar-refractivity contribution < 1.29 is 14.7 Å². The smallest absolute Gasteiger partial charge is 0.277 e. The summed E-state index contributed by atoms with van der Waals surface area (Å²) in [6.07, 6.45) is 29.2. The van der Waals surface area contributed by atoms with E-state index in [-0.39, 0.29) is 23.8 Å². The van der Waals surface area contributed by atoms with E-state index in [0.717, 1.165) is 44.1 Å². The van der Waals surface area contributed by atoms with Crippen molar-refractivity contribution in [1.29, 1.82) is 0 Å². The van der Waals surface area contributed by atoms with E-state index >= 15 is 0 Å². The van der Waals surface area contributed by atoms with Gasteiger partial charge in [-0.05, 0) is 37.8 Å². The fourth-order valence-electron chi connectivity index (χ4n) is 6.06. The molecule has 0 spiro atoms. The lowest BCUT2D eigenvalue weighted by Crippen LogP contribution is -2.45. The van der Waals surface area contributed by atoms with Crippen molar-refractivity contribution in [3.05, 3.63) is 23.5 Å². The monoisotopic (exact) mass is 544 g/mol.